The highest BCUT2D eigenvalue weighted by Gasteiger charge is 2.33. The second kappa shape index (κ2) is 8.18. The first kappa shape index (κ1) is 19.2. The van der Waals surface area contributed by atoms with Crippen LogP contribution in [0.4, 0.5) is 0 Å². The van der Waals surface area contributed by atoms with Crippen LogP contribution in [0.2, 0.25) is 0 Å². The molecule has 158 valence electrons. The van der Waals surface area contributed by atoms with Gasteiger partial charge in [-0.15, -0.1) is 0 Å². The maximum atomic E-state index is 12.8. The molecule has 0 N–H and O–H groups in total. The molecular formula is C24H22N2O5. The van der Waals surface area contributed by atoms with E-state index in [0.717, 1.165) is 11.0 Å². The number of hydrogen-bond acceptors (Lipinski definition) is 5. The van der Waals surface area contributed by atoms with Gasteiger partial charge in [0, 0.05) is 37.6 Å². The van der Waals surface area contributed by atoms with Crippen LogP contribution in [0.3, 0.4) is 0 Å². The number of amides is 2. The SMILES string of the molecule is O=C(/C=C/c1cc2ccccc2o1)N1CCN(C(=O)C2COc3ccccc3O2)CC1. The van der Waals surface area contributed by atoms with E-state index in [1.165, 1.54) is 6.08 Å². The molecule has 2 aliphatic rings. The molecule has 0 aliphatic carbocycles. The Bertz CT molecular complexity index is 1110. The quantitative estimate of drug-likeness (QED) is 0.612. The number of furan rings is 1. The van der Waals surface area contributed by atoms with Crippen molar-refractivity contribution in [3.05, 3.63) is 66.4 Å². The summed E-state index contributed by atoms with van der Waals surface area (Å²) in [5.41, 5.74) is 0.790. The summed E-state index contributed by atoms with van der Waals surface area (Å²) in [6.07, 6.45) is 2.54. The molecular weight excluding hydrogens is 396 g/mol. The fourth-order valence-corrected chi connectivity index (χ4v) is 3.84. The van der Waals surface area contributed by atoms with Gasteiger partial charge in [0.15, 0.2) is 11.5 Å². The maximum Gasteiger partial charge on any atom is 0.267 e. The Balaban J connectivity index is 1.15. The molecule has 5 rings (SSSR count). The number of fused-ring (bicyclic) bond motifs is 2. The van der Waals surface area contributed by atoms with Gasteiger partial charge in [-0.3, -0.25) is 9.59 Å². The standard InChI is InChI=1S/C24H22N2O5/c27-23(10-9-18-15-17-5-1-2-6-19(17)30-18)25-11-13-26(14-12-25)24(28)22-16-29-20-7-3-4-8-21(20)31-22/h1-10,15,22H,11-14,16H2/b10-9+. The van der Waals surface area contributed by atoms with Crippen LogP contribution < -0.4 is 9.47 Å². The van der Waals surface area contributed by atoms with Gasteiger partial charge in [-0.25, -0.2) is 0 Å². The van der Waals surface area contributed by atoms with Crippen LogP contribution in [0.5, 0.6) is 11.5 Å². The Morgan fingerprint density at radius 3 is 2.42 bits per heavy atom. The highest BCUT2D eigenvalue weighted by atomic mass is 16.6. The van der Waals surface area contributed by atoms with Crippen LogP contribution >= 0.6 is 0 Å². The minimum absolute atomic E-state index is 0.0984. The summed E-state index contributed by atoms with van der Waals surface area (Å²) < 4.78 is 17.2. The van der Waals surface area contributed by atoms with Crippen molar-refractivity contribution in [1.29, 1.82) is 0 Å². The van der Waals surface area contributed by atoms with E-state index in [1.807, 2.05) is 48.5 Å². The summed E-state index contributed by atoms with van der Waals surface area (Å²) >= 11 is 0. The predicted molar refractivity (Wildman–Crippen MR) is 115 cm³/mol. The number of benzene rings is 2. The van der Waals surface area contributed by atoms with E-state index >= 15 is 0 Å². The van der Waals surface area contributed by atoms with Crippen LogP contribution in [-0.2, 0) is 9.59 Å². The van der Waals surface area contributed by atoms with E-state index in [-0.39, 0.29) is 18.4 Å². The van der Waals surface area contributed by atoms with Crippen LogP contribution in [0.15, 0.2) is 65.1 Å². The highest BCUT2D eigenvalue weighted by molar-refractivity contribution is 5.92. The molecule has 2 aliphatic heterocycles. The lowest BCUT2D eigenvalue weighted by molar-refractivity contribution is -0.145. The number of para-hydroxylation sites is 3. The lowest BCUT2D eigenvalue weighted by atomic mass is 10.2. The minimum Gasteiger partial charge on any atom is -0.485 e. The summed E-state index contributed by atoms with van der Waals surface area (Å²) in [7, 11) is 0. The fraction of sp³-hybridized carbons (Fsp3) is 0.250. The van der Waals surface area contributed by atoms with Crippen molar-refractivity contribution in [2.45, 2.75) is 6.10 Å². The Morgan fingerprint density at radius 1 is 0.903 bits per heavy atom. The number of piperazine rings is 1. The molecule has 1 unspecified atom stereocenters. The van der Waals surface area contributed by atoms with Crippen molar-refractivity contribution in [3.63, 3.8) is 0 Å². The van der Waals surface area contributed by atoms with Gasteiger partial charge in [-0.05, 0) is 30.3 Å². The molecule has 2 aromatic carbocycles. The number of carbonyl (C=O) groups excluding carboxylic acids is 2. The molecule has 1 aromatic heterocycles. The largest absolute Gasteiger partial charge is 0.485 e. The topological polar surface area (TPSA) is 72.2 Å². The first-order valence-electron chi connectivity index (χ1n) is 10.3. The molecule has 3 heterocycles. The molecule has 0 saturated carbocycles. The van der Waals surface area contributed by atoms with Crippen LogP contribution in [-0.4, -0.2) is 60.5 Å². The smallest absolute Gasteiger partial charge is 0.267 e. The highest BCUT2D eigenvalue weighted by Crippen LogP contribution is 2.31. The zero-order valence-electron chi connectivity index (χ0n) is 16.9. The van der Waals surface area contributed by atoms with Gasteiger partial charge in [0.05, 0.1) is 0 Å². The molecule has 1 atom stereocenters. The minimum atomic E-state index is -0.662. The van der Waals surface area contributed by atoms with E-state index in [2.05, 4.69) is 0 Å². The van der Waals surface area contributed by atoms with Gasteiger partial charge in [0.2, 0.25) is 12.0 Å². The van der Waals surface area contributed by atoms with Gasteiger partial charge in [-0.2, -0.15) is 0 Å². The molecule has 0 radical (unpaired) electrons. The molecule has 3 aromatic rings. The van der Waals surface area contributed by atoms with Crippen molar-refractivity contribution in [1.82, 2.24) is 9.80 Å². The lowest BCUT2D eigenvalue weighted by Crippen LogP contribution is -2.54. The average molecular weight is 418 g/mol. The van der Waals surface area contributed by atoms with Crippen molar-refractivity contribution < 1.29 is 23.5 Å². The number of rotatable bonds is 3. The molecule has 7 heteroatoms. The van der Waals surface area contributed by atoms with Crippen molar-refractivity contribution in [3.8, 4) is 11.5 Å². The van der Waals surface area contributed by atoms with Gasteiger partial charge in [0.25, 0.3) is 5.91 Å². The summed E-state index contributed by atoms with van der Waals surface area (Å²) in [5, 5.41) is 0.998. The van der Waals surface area contributed by atoms with E-state index in [4.69, 9.17) is 13.9 Å². The van der Waals surface area contributed by atoms with Crippen molar-refractivity contribution in [2.24, 2.45) is 0 Å². The summed E-state index contributed by atoms with van der Waals surface area (Å²) in [6, 6.07) is 16.9. The average Bonchev–Trinajstić information content (AvgIpc) is 3.25. The zero-order valence-corrected chi connectivity index (χ0v) is 16.9. The molecule has 2 amide bonds. The maximum absolute atomic E-state index is 12.8. The van der Waals surface area contributed by atoms with Gasteiger partial charge >= 0.3 is 0 Å². The fourth-order valence-electron chi connectivity index (χ4n) is 3.84. The van der Waals surface area contributed by atoms with E-state index in [9.17, 15) is 9.59 Å². The Hall–Kier alpha value is -3.74. The van der Waals surface area contributed by atoms with Crippen molar-refractivity contribution >= 4 is 28.9 Å². The number of ether oxygens (including phenoxy) is 2. The molecule has 7 nitrogen and oxygen atoms in total. The van der Waals surface area contributed by atoms with E-state index < -0.39 is 6.10 Å². The van der Waals surface area contributed by atoms with E-state index in [0.29, 0.717) is 43.4 Å². The number of hydrogen-bond donors (Lipinski definition) is 0. The first-order chi connectivity index (χ1) is 15.2. The summed E-state index contributed by atoms with van der Waals surface area (Å²) in [5.74, 6) is 1.66. The monoisotopic (exact) mass is 418 g/mol. The lowest BCUT2D eigenvalue weighted by Gasteiger charge is -2.36. The van der Waals surface area contributed by atoms with Crippen LogP contribution in [0.1, 0.15) is 5.76 Å². The predicted octanol–water partition coefficient (Wildman–Crippen LogP) is 2.96. The summed E-state index contributed by atoms with van der Waals surface area (Å²) in [4.78, 5) is 28.8. The van der Waals surface area contributed by atoms with E-state index in [1.54, 1.807) is 21.9 Å². The third-order valence-corrected chi connectivity index (χ3v) is 5.52. The molecule has 0 bridgehead atoms. The number of carbonyl (C=O) groups is 2. The third-order valence-electron chi connectivity index (χ3n) is 5.52. The number of nitrogens with zero attached hydrogens (tertiary/aromatic N) is 2. The Labute approximate surface area is 179 Å². The van der Waals surface area contributed by atoms with Gasteiger partial charge in [-0.1, -0.05) is 30.3 Å². The van der Waals surface area contributed by atoms with Crippen LogP contribution in [0, 0.1) is 0 Å². The van der Waals surface area contributed by atoms with Gasteiger partial charge < -0.3 is 23.7 Å². The Morgan fingerprint density at radius 2 is 1.61 bits per heavy atom. The van der Waals surface area contributed by atoms with Crippen LogP contribution in [0.25, 0.3) is 17.0 Å². The second-order valence-electron chi connectivity index (χ2n) is 7.53. The molecule has 31 heavy (non-hydrogen) atoms. The molecule has 1 saturated heterocycles. The third kappa shape index (κ3) is 3.99. The normalized spacial score (nSPS) is 18.5. The summed E-state index contributed by atoms with van der Waals surface area (Å²) in [6.45, 7) is 2.06. The second-order valence-corrected chi connectivity index (χ2v) is 7.53. The Kier molecular flexibility index (Phi) is 5.08. The van der Waals surface area contributed by atoms with Crippen molar-refractivity contribution in [2.75, 3.05) is 32.8 Å². The van der Waals surface area contributed by atoms with Gasteiger partial charge in [0.1, 0.15) is 18.0 Å². The molecule has 0 spiro atoms. The zero-order chi connectivity index (χ0) is 21.2. The first-order valence-corrected chi connectivity index (χ1v) is 10.3. The molecule has 1 fully saturated rings.